The van der Waals surface area contributed by atoms with Gasteiger partial charge in [-0.25, -0.2) is 0 Å². The molecule has 0 aromatic heterocycles. The SMILES string of the molecule is CC(=O)Nc1cccc(O)c1O. The third-order valence-corrected chi connectivity index (χ3v) is 1.33. The van der Waals surface area contributed by atoms with E-state index < -0.39 is 0 Å². The lowest BCUT2D eigenvalue weighted by atomic mass is 10.2. The zero-order valence-electron chi connectivity index (χ0n) is 6.53. The van der Waals surface area contributed by atoms with Crippen LogP contribution in [0.15, 0.2) is 18.2 Å². The zero-order valence-corrected chi connectivity index (χ0v) is 6.53. The fourth-order valence-electron chi connectivity index (χ4n) is 0.822. The first kappa shape index (κ1) is 8.39. The average Bonchev–Trinajstić information content (AvgIpc) is 1.98. The average molecular weight is 167 g/mol. The van der Waals surface area contributed by atoms with E-state index in [2.05, 4.69) is 5.32 Å². The van der Waals surface area contributed by atoms with Crippen molar-refractivity contribution in [1.82, 2.24) is 0 Å². The normalized spacial score (nSPS) is 9.42. The van der Waals surface area contributed by atoms with Gasteiger partial charge in [0.15, 0.2) is 11.5 Å². The number of hydrogen-bond donors (Lipinski definition) is 3. The molecule has 0 atom stereocenters. The largest absolute Gasteiger partial charge is 0.504 e. The first-order valence-corrected chi connectivity index (χ1v) is 3.40. The summed E-state index contributed by atoms with van der Waals surface area (Å²) in [6.45, 7) is 1.32. The lowest BCUT2D eigenvalue weighted by Crippen LogP contribution is -2.05. The standard InChI is InChI=1S/C8H9NO3/c1-5(10)9-6-3-2-4-7(11)8(6)12/h2-4,11-12H,1H3,(H,9,10). The second-order valence-corrected chi connectivity index (χ2v) is 2.35. The molecule has 0 saturated heterocycles. The van der Waals surface area contributed by atoms with Crippen LogP contribution < -0.4 is 5.32 Å². The molecular formula is C8H9NO3. The number of nitrogens with one attached hydrogen (secondary N) is 1. The van der Waals surface area contributed by atoms with Crippen molar-refractivity contribution in [2.45, 2.75) is 6.92 Å². The minimum Gasteiger partial charge on any atom is -0.504 e. The van der Waals surface area contributed by atoms with Gasteiger partial charge in [0.25, 0.3) is 0 Å². The highest BCUT2D eigenvalue weighted by molar-refractivity contribution is 5.90. The molecule has 1 rings (SSSR count). The Balaban J connectivity index is 3.00. The second-order valence-electron chi connectivity index (χ2n) is 2.35. The van der Waals surface area contributed by atoms with E-state index in [1.54, 1.807) is 0 Å². The summed E-state index contributed by atoms with van der Waals surface area (Å²) in [5, 5.41) is 20.6. The molecule has 0 aliphatic carbocycles. The highest BCUT2D eigenvalue weighted by Crippen LogP contribution is 2.32. The number of rotatable bonds is 1. The van der Waals surface area contributed by atoms with E-state index in [1.165, 1.54) is 25.1 Å². The second kappa shape index (κ2) is 3.13. The van der Waals surface area contributed by atoms with Gasteiger partial charge in [0.05, 0.1) is 5.69 Å². The number of carbonyl (C=O) groups excluding carboxylic acids is 1. The smallest absolute Gasteiger partial charge is 0.221 e. The van der Waals surface area contributed by atoms with Crippen molar-refractivity contribution in [1.29, 1.82) is 0 Å². The maximum atomic E-state index is 10.6. The molecule has 12 heavy (non-hydrogen) atoms. The lowest BCUT2D eigenvalue weighted by molar-refractivity contribution is -0.114. The molecule has 3 N–H and O–H groups in total. The molecule has 0 unspecified atom stereocenters. The molecular weight excluding hydrogens is 158 g/mol. The topological polar surface area (TPSA) is 69.6 Å². The van der Waals surface area contributed by atoms with Crippen molar-refractivity contribution in [3.05, 3.63) is 18.2 Å². The Labute approximate surface area is 69.5 Å². The minimum absolute atomic E-state index is 0.211. The van der Waals surface area contributed by atoms with E-state index in [-0.39, 0.29) is 23.1 Å². The number of phenolic OH excluding ortho intramolecular Hbond substituents is 2. The predicted molar refractivity (Wildman–Crippen MR) is 44.1 cm³/mol. The Hall–Kier alpha value is -1.71. The summed E-state index contributed by atoms with van der Waals surface area (Å²) in [5.41, 5.74) is 0.211. The molecule has 4 heteroatoms. The number of amides is 1. The molecule has 1 aromatic rings. The Morgan fingerprint density at radius 2 is 2.08 bits per heavy atom. The summed E-state index contributed by atoms with van der Waals surface area (Å²) in [6.07, 6.45) is 0. The van der Waals surface area contributed by atoms with Gasteiger partial charge in [-0.2, -0.15) is 0 Å². The fraction of sp³-hybridized carbons (Fsp3) is 0.125. The number of anilines is 1. The molecule has 0 aliphatic rings. The Morgan fingerprint density at radius 1 is 1.42 bits per heavy atom. The van der Waals surface area contributed by atoms with Crippen molar-refractivity contribution >= 4 is 11.6 Å². The molecule has 0 spiro atoms. The monoisotopic (exact) mass is 167 g/mol. The molecule has 0 saturated carbocycles. The van der Waals surface area contributed by atoms with Crippen molar-refractivity contribution in [3.8, 4) is 11.5 Å². The van der Waals surface area contributed by atoms with Crippen molar-refractivity contribution < 1.29 is 15.0 Å². The fourth-order valence-corrected chi connectivity index (χ4v) is 0.822. The maximum Gasteiger partial charge on any atom is 0.221 e. The minimum atomic E-state index is -0.312. The summed E-state index contributed by atoms with van der Waals surface area (Å²) in [4.78, 5) is 10.6. The van der Waals surface area contributed by atoms with Crippen LogP contribution in [0.5, 0.6) is 11.5 Å². The van der Waals surface area contributed by atoms with Gasteiger partial charge in [-0.05, 0) is 12.1 Å². The van der Waals surface area contributed by atoms with Crippen LogP contribution >= 0.6 is 0 Å². The van der Waals surface area contributed by atoms with E-state index in [0.717, 1.165) is 0 Å². The molecule has 1 amide bonds. The van der Waals surface area contributed by atoms with Gasteiger partial charge in [0.1, 0.15) is 0 Å². The first-order valence-electron chi connectivity index (χ1n) is 3.40. The Bertz CT molecular complexity index is 309. The molecule has 1 aromatic carbocycles. The van der Waals surface area contributed by atoms with E-state index >= 15 is 0 Å². The number of hydrogen-bond acceptors (Lipinski definition) is 3. The summed E-state index contributed by atoms with van der Waals surface area (Å²) < 4.78 is 0. The Morgan fingerprint density at radius 3 is 2.67 bits per heavy atom. The van der Waals surface area contributed by atoms with E-state index in [1.807, 2.05) is 0 Å². The summed E-state index contributed by atoms with van der Waals surface area (Å²) in [5.74, 6) is -0.857. The van der Waals surface area contributed by atoms with Gasteiger partial charge in [0.2, 0.25) is 5.91 Å². The first-order chi connectivity index (χ1) is 5.61. The summed E-state index contributed by atoms with van der Waals surface area (Å²) in [7, 11) is 0. The molecule has 0 radical (unpaired) electrons. The number of para-hydroxylation sites is 1. The van der Waals surface area contributed by atoms with Crippen LogP contribution in [0.25, 0.3) is 0 Å². The van der Waals surface area contributed by atoms with Gasteiger partial charge in [-0.15, -0.1) is 0 Å². The highest BCUT2D eigenvalue weighted by Gasteiger charge is 2.05. The van der Waals surface area contributed by atoms with Gasteiger partial charge >= 0.3 is 0 Å². The van der Waals surface area contributed by atoms with Gasteiger partial charge in [-0.1, -0.05) is 6.07 Å². The third-order valence-electron chi connectivity index (χ3n) is 1.33. The summed E-state index contributed by atoms with van der Waals surface area (Å²) in [6, 6.07) is 4.36. The van der Waals surface area contributed by atoms with Crippen LogP contribution in [0.2, 0.25) is 0 Å². The maximum absolute atomic E-state index is 10.6. The number of phenols is 2. The van der Waals surface area contributed by atoms with Crippen molar-refractivity contribution in [2.24, 2.45) is 0 Å². The van der Waals surface area contributed by atoms with Crippen LogP contribution in [0.4, 0.5) is 5.69 Å². The van der Waals surface area contributed by atoms with Crippen LogP contribution in [0, 0.1) is 0 Å². The van der Waals surface area contributed by atoms with Crippen LogP contribution in [0.1, 0.15) is 6.92 Å². The molecule has 4 nitrogen and oxygen atoms in total. The van der Waals surface area contributed by atoms with E-state index in [0.29, 0.717) is 0 Å². The van der Waals surface area contributed by atoms with Crippen LogP contribution in [-0.2, 0) is 4.79 Å². The van der Waals surface area contributed by atoms with Gasteiger partial charge in [-0.3, -0.25) is 4.79 Å². The zero-order chi connectivity index (χ0) is 9.14. The van der Waals surface area contributed by atoms with Crippen molar-refractivity contribution in [2.75, 3.05) is 5.32 Å². The van der Waals surface area contributed by atoms with E-state index in [9.17, 15) is 9.90 Å². The van der Waals surface area contributed by atoms with E-state index in [4.69, 9.17) is 5.11 Å². The number of carbonyl (C=O) groups is 1. The predicted octanol–water partition coefficient (Wildman–Crippen LogP) is 1.06. The van der Waals surface area contributed by atoms with Crippen LogP contribution in [-0.4, -0.2) is 16.1 Å². The molecule has 0 fully saturated rings. The number of benzene rings is 1. The van der Waals surface area contributed by atoms with Crippen LogP contribution in [0.3, 0.4) is 0 Å². The van der Waals surface area contributed by atoms with Gasteiger partial charge in [0, 0.05) is 6.92 Å². The molecule has 64 valence electrons. The number of aromatic hydroxyl groups is 2. The highest BCUT2D eigenvalue weighted by atomic mass is 16.3. The lowest BCUT2D eigenvalue weighted by Gasteiger charge is -2.04. The Kier molecular flexibility index (Phi) is 2.19. The van der Waals surface area contributed by atoms with Gasteiger partial charge < -0.3 is 15.5 Å². The van der Waals surface area contributed by atoms with Crippen molar-refractivity contribution in [3.63, 3.8) is 0 Å². The molecule has 0 heterocycles. The molecule has 0 bridgehead atoms. The third kappa shape index (κ3) is 1.66. The quantitative estimate of drug-likeness (QED) is 0.547. The summed E-state index contributed by atoms with van der Waals surface area (Å²) >= 11 is 0. The molecule has 0 aliphatic heterocycles.